The molecule has 0 amide bonds. The smallest absolute Gasteiger partial charge is 0.162 e. The summed E-state index contributed by atoms with van der Waals surface area (Å²) in [6.07, 6.45) is 8.35. The molecule has 1 N–H and O–H groups in total. The van der Waals surface area contributed by atoms with Gasteiger partial charge in [0.25, 0.3) is 0 Å². The van der Waals surface area contributed by atoms with Gasteiger partial charge in [0, 0.05) is 31.0 Å². The minimum absolute atomic E-state index is 0.244. The van der Waals surface area contributed by atoms with Crippen LogP contribution in [0.15, 0.2) is 43.1 Å². The molecule has 6 heteroatoms. The van der Waals surface area contributed by atoms with Crippen molar-refractivity contribution in [1.82, 2.24) is 24.5 Å². The number of imidazole rings is 2. The summed E-state index contributed by atoms with van der Waals surface area (Å²) in [7, 11) is 0. The van der Waals surface area contributed by atoms with Crippen LogP contribution in [0.4, 0.5) is 4.39 Å². The van der Waals surface area contributed by atoms with E-state index in [0.29, 0.717) is 12.4 Å². The first-order chi connectivity index (χ1) is 8.84. The molecule has 0 fully saturated rings. The van der Waals surface area contributed by atoms with Crippen LogP contribution in [0, 0.1) is 5.82 Å². The first kappa shape index (κ1) is 10.6. The molecule has 0 bridgehead atoms. The number of nitrogens with zero attached hydrogens (tertiary/aromatic N) is 4. The normalized spacial score (nSPS) is 10.7. The number of nitrogens with one attached hydrogen (secondary N) is 1. The zero-order valence-corrected chi connectivity index (χ0v) is 9.42. The molecule has 0 aromatic carbocycles. The molecule has 0 radical (unpaired) electrons. The van der Waals surface area contributed by atoms with Crippen molar-refractivity contribution in [2.45, 2.75) is 6.54 Å². The van der Waals surface area contributed by atoms with Gasteiger partial charge in [-0.15, -0.1) is 0 Å². The maximum Gasteiger partial charge on any atom is 0.162 e. The summed E-state index contributed by atoms with van der Waals surface area (Å²) in [5.41, 5.74) is 0.244. The minimum atomic E-state index is -0.385. The molecular weight excluding hydrogens is 233 g/mol. The highest BCUT2D eigenvalue weighted by Gasteiger charge is 2.12. The number of hydrogen-bond donors (Lipinski definition) is 1. The first-order valence-electron chi connectivity index (χ1n) is 5.45. The van der Waals surface area contributed by atoms with Gasteiger partial charge in [-0.2, -0.15) is 0 Å². The molecule has 90 valence electrons. The lowest BCUT2D eigenvalue weighted by Crippen LogP contribution is -2.04. The van der Waals surface area contributed by atoms with Crippen LogP contribution in [-0.4, -0.2) is 24.5 Å². The second-order valence-electron chi connectivity index (χ2n) is 3.75. The Bertz CT molecular complexity index is 644. The van der Waals surface area contributed by atoms with Crippen molar-refractivity contribution in [3.05, 3.63) is 54.8 Å². The number of aromatic amines is 1. The molecule has 0 atom stereocenters. The molecule has 5 nitrogen and oxygen atoms in total. The lowest BCUT2D eigenvalue weighted by Gasteiger charge is -2.05. The van der Waals surface area contributed by atoms with Gasteiger partial charge < -0.3 is 9.55 Å². The van der Waals surface area contributed by atoms with Crippen molar-refractivity contribution in [2.24, 2.45) is 0 Å². The van der Waals surface area contributed by atoms with Gasteiger partial charge in [0.1, 0.15) is 11.5 Å². The highest BCUT2D eigenvalue weighted by Crippen LogP contribution is 2.18. The Morgan fingerprint density at radius 3 is 2.89 bits per heavy atom. The number of halogens is 1. The predicted molar refractivity (Wildman–Crippen MR) is 63.1 cm³/mol. The molecule has 3 aromatic heterocycles. The van der Waals surface area contributed by atoms with Gasteiger partial charge in [0.15, 0.2) is 11.6 Å². The van der Waals surface area contributed by atoms with Crippen LogP contribution >= 0.6 is 0 Å². The lowest BCUT2D eigenvalue weighted by atomic mass is 10.3. The van der Waals surface area contributed by atoms with Crippen molar-refractivity contribution >= 4 is 0 Å². The minimum Gasteiger partial charge on any atom is -0.347 e. The molecule has 0 aliphatic rings. The fourth-order valence-electron chi connectivity index (χ4n) is 1.75. The molecule has 0 saturated heterocycles. The third kappa shape index (κ3) is 1.88. The van der Waals surface area contributed by atoms with Gasteiger partial charge in [-0.05, 0) is 12.1 Å². The largest absolute Gasteiger partial charge is 0.347 e. The van der Waals surface area contributed by atoms with E-state index in [9.17, 15) is 4.39 Å². The molecule has 0 unspecified atom stereocenters. The van der Waals surface area contributed by atoms with Crippen molar-refractivity contribution in [2.75, 3.05) is 0 Å². The van der Waals surface area contributed by atoms with Crippen LogP contribution in [0.3, 0.4) is 0 Å². The summed E-state index contributed by atoms with van der Waals surface area (Å²) in [5, 5.41) is 0. The third-order valence-electron chi connectivity index (χ3n) is 2.56. The van der Waals surface area contributed by atoms with Crippen molar-refractivity contribution in [3.63, 3.8) is 0 Å². The summed E-state index contributed by atoms with van der Waals surface area (Å²) in [6, 6.07) is 2.92. The van der Waals surface area contributed by atoms with Crippen molar-refractivity contribution < 1.29 is 4.39 Å². The van der Waals surface area contributed by atoms with E-state index in [1.165, 1.54) is 6.07 Å². The number of pyridine rings is 1. The Hall–Kier alpha value is -2.50. The van der Waals surface area contributed by atoms with Crippen LogP contribution in [0.5, 0.6) is 0 Å². The van der Waals surface area contributed by atoms with E-state index < -0.39 is 0 Å². The highest BCUT2D eigenvalue weighted by molar-refractivity contribution is 5.50. The van der Waals surface area contributed by atoms with E-state index in [1.54, 1.807) is 41.6 Å². The molecule has 0 saturated carbocycles. The zero-order valence-electron chi connectivity index (χ0n) is 9.42. The number of H-pyrrole nitrogens is 1. The van der Waals surface area contributed by atoms with Gasteiger partial charge in [-0.25, -0.2) is 19.3 Å². The van der Waals surface area contributed by atoms with Gasteiger partial charge >= 0.3 is 0 Å². The molecule has 0 aliphatic heterocycles. The summed E-state index contributed by atoms with van der Waals surface area (Å²) < 4.78 is 15.5. The Labute approximate surface area is 102 Å². The van der Waals surface area contributed by atoms with E-state index >= 15 is 0 Å². The van der Waals surface area contributed by atoms with E-state index in [2.05, 4.69) is 19.9 Å². The van der Waals surface area contributed by atoms with Crippen LogP contribution in [-0.2, 0) is 6.54 Å². The van der Waals surface area contributed by atoms with E-state index in [-0.39, 0.29) is 11.5 Å². The maximum atomic E-state index is 13.7. The Balaban J connectivity index is 1.99. The maximum absolute atomic E-state index is 13.7. The molecule has 18 heavy (non-hydrogen) atoms. The Morgan fingerprint density at radius 2 is 2.11 bits per heavy atom. The number of hydrogen-bond acceptors (Lipinski definition) is 3. The standard InChI is InChI=1S/C12H10FN5/c13-9-2-1-3-16-11(9)12-17-6-7-18(12)8-10-14-4-5-15-10/h1-7H,8H2,(H,14,15). The zero-order chi connectivity index (χ0) is 12.4. The molecule has 0 spiro atoms. The fraction of sp³-hybridized carbons (Fsp3) is 0.0833. The van der Waals surface area contributed by atoms with E-state index in [1.807, 2.05) is 0 Å². The monoisotopic (exact) mass is 243 g/mol. The molecular formula is C12H10FN5. The number of rotatable bonds is 3. The summed E-state index contributed by atoms with van der Waals surface area (Å²) >= 11 is 0. The highest BCUT2D eigenvalue weighted by atomic mass is 19.1. The second-order valence-corrected chi connectivity index (χ2v) is 3.75. The molecule has 3 heterocycles. The van der Waals surface area contributed by atoms with Gasteiger partial charge in [0.2, 0.25) is 0 Å². The van der Waals surface area contributed by atoms with E-state index in [0.717, 1.165) is 5.82 Å². The van der Waals surface area contributed by atoms with Crippen LogP contribution in [0.1, 0.15) is 5.82 Å². The first-order valence-corrected chi connectivity index (χ1v) is 5.45. The topological polar surface area (TPSA) is 59.4 Å². The Morgan fingerprint density at radius 1 is 1.17 bits per heavy atom. The number of aromatic nitrogens is 5. The van der Waals surface area contributed by atoms with Crippen LogP contribution < -0.4 is 0 Å². The van der Waals surface area contributed by atoms with E-state index in [4.69, 9.17) is 0 Å². The fourth-order valence-corrected chi connectivity index (χ4v) is 1.75. The van der Waals surface area contributed by atoms with Crippen molar-refractivity contribution in [3.8, 4) is 11.5 Å². The average Bonchev–Trinajstić information content (AvgIpc) is 3.02. The molecule has 3 aromatic rings. The summed E-state index contributed by atoms with van der Waals surface area (Å²) in [4.78, 5) is 15.3. The van der Waals surface area contributed by atoms with Gasteiger partial charge in [-0.1, -0.05) is 0 Å². The Kier molecular flexibility index (Phi) is 2.60. The molecule has 3 rings (SSSR count). The van der Waals surface area contributed by atoms with Gasteiger partial charge in [0.05, 0.1) is 6.54 Å². The van der Waals surface area contributed by atoms with Crippen LogP contribution in [0.2, 0.25) is 0 Å². The second kappa shape index (κ2) is 4.40. The van der Waals surface area contributed by atoms with Crippen molar-refractivity contribution in [1.29, 1.82) is 0 Å². The third-order valence-corrected chi connectivity index (χ3v) is 2.56. The van der Waals surface area contributed by atoms with Gasteiger partial charge in [-0.3, -0.25) is 0 Å². The quantitative estimate of drug-likeness (QED) is 0.763. The average molecular weight is 243 g/mol. The summed E-state index contributed by atoms with van der Waals surface area (Å²) in [6.45, 7) is 0.498. The molecule has 0 aliphatic carbocycles. The van der Waals surface area contributed by atoms with Crippen LogP contribution in [0.25, 0.3) is 11.5 Å². The lowest BCUT2D eigenvalue weighted by molar-refractivity contribution is 0.621. The predicted octanol–water partition coefficient (Wildman–Crippen LogP) is 1.86. The summed E-state index contributed by atoms with van der Waals surface area (Å²) in [5.74, 6) is 0.888. The SMILES string of the molecule is Fc1cccnc1-c1nccn1Cc1ncc[nH]1.